The molecule has 0 fully saturated rings. The molecule has 3 heteroatoms. The highest BCUT2D eigenvalue weighted by Gasteiger charge is 2.09. The number of hydrogen-bond acceptors (Lipinski definition) is 2. The second-order valence-electron chi connectivity index (χ2n) is 5.12. The molecule has 0 spiro atoms. The van der Waals surface area contributed by atoms with Crippen LogP contribution in [0.15, 0.2) is 48.5 Å². The van der Waals surface area contributed by atoms with Crippen LogP contribution >= 0.6 is 0 Å². The Morgan fingerprint density at radius 2 is 1.95 bits per heavy atom. The van der Waals surface area contributed by atoms with E-state index in [1.165, 1.54) is 6.07 Å². The van der Waals surface area contributed by atoms with Crippen LogP contribution in [0.1, 0.15) is 37.4 Å². The maximum atomic E-state index is 13.7. The molecule has 0 unspecified atom stereocenters. The Kier molecular flexibility index (Phi) is 5.76. The molecule has 2 aromatic rings. The van der Waals surface area contributed by atoms with Crippen molar-refractivity contribution >= 4 is 0 Å². The van der Waals surface area contributed by atoms with Crippen molar-refractivity contribution in [3.05, 3.63) is 65.5 Å². The number of benzene rings is 2. The van der Waals surface area contributed by atoms with Crippen LogP contribution in [0.2, 0.25) is 0 Å². The van der Waals surface area contributed by atoms with E-state index in [1.807, 2.05) is 43.3 Å². The summed E-state index contributed by atoms with van der Waals surface area (Å²) in [6, 6.07) is 14.8. The quantitative estimate of drug-likeness (QED) is 0.811. The van der Waals surface area contributed by atoms with E-state index < -0.39 is 0 Å². The molecular weight excluding hydrogens is 265 g/mol. The zero-order valence-corrected chi connectivity index (χ0v) is 12.6. The van der Waals surface area contributed by atoms with Gasteiger partial charge >= 0.3 is 0 Å². The van der Waals surface area contributed by atoms with Crippen molar-refractivity contribution in [3.8, 4) is 5.75 Å². The van der Waals surface area contributed by atoms with Gasteiger partial charge in [-0.25, -0.2) is 4.39 Å². The normalized spacial score (nSPS) is 12.1. The highest BCUT2D eigenvalue weighted by Crippen LogP contribution is 2.18. The first-order valence-corrected chi connectivity index (χ1v) is 7.40. The fraction of sp³-hybridized carbons (Fsp3) is 0.333. The number of hydrogen-bond donors (Lipinski definition) is 1. The molecule has 0 saturated heterocycles. The summed E-state index contributed by atoms with van der Waals surface area (Å²) in [7, 11) is 0. The van der Waals surface area contributed by atoms with Crippen molar-refractivity contribution in [3.63, 3.8) is 0 Å². The van der Waals surface area contributed by atoms with Gasteiger partial charge in [-0.3, -0.25) is 0 Å². The van der Waals surface area contributed by atoms with Gasteiger partial charge < -0.3 is 10.1 Å². The summed E-state index contributed by atoms with van der Waals surface area (Å²) in [5.41, 5.74) is 1.82. The summed E-state index contributed by atoms with van der Waals surface area (Å²) in [5, 5.41) is 3.34. The largest absolute Gasteiger partial charge is 0.494 e. The Labute approximate surface area is 126 Å². The van der Waals surface area contributed by atoms with Gasteiger partial charge in [0.2, 0.25) is 0 Å². The molecule has 21 heavy (non-hydrogen) atoms. The molecule has 2 rings (SSSR count). The maximum Gasteiger partial charge on any atom is 0.127 e. The molecule has 1 atom stereocenters. The third kappa shape index (κ3) is 4.57. The fourth-order valence-electron chi connectivity index (χ4n) is 2.17. The van der Waals surface area contributed by atoms with Gasteiger partial charge in [0.15, 0.2) is 0 Å². The van der Waals surface area contributed by atoms with Crippen LogP contribution in [0.4, 0.5) is 4.39 Å². The van der Waals surface area contributed by atoms with Gasteiger partial charge in [0.1, 0.15) is 11.6 Å². The summed E-state index contributed by atoms with van der Waals surface area (Å²) in [5.74, 6) is 0.715. The van der Waals surface area contributed by atoms with Crippen molar-refractivity contribution in [1.82, 2.24) is 5.32 Å². The summed E-state index contributed by atoms with van der Waals surface area (Å²) in [6.45, 7) is 5.46. The first-order chi connectivity index (χ1) is 10.2. The van der Waals surface area contributed by atoms with E-state index in [0.29, 0.717) is 12.1 Å². The number of halogens is 1. The van der Waals surface area contributed by atoms with E-state index in [0.717, 1.165) is 24.3 Å². The van der Waals surface area contributed by atoms with Gasteiger partial charge in [0.05, 0.1) is 6.61 Å². The van der Waals surface area contributed by atoms with Crippen molar-refractivity contribution in [2.45, 2.75) is 32.9 Å². The van der Waals surface area contributed by atoms with Gasteiger partial charge in [-0.15, -0.1) is 0 Å². The van der Waals surface area contributed by atoms with Crippen molar-refractivity contribution < 1.29 is 9.13 Å². The van der Waals surface area contributed by atoms with Crippen LogP contribution in [0.5, 0.6) is 5.75 Å². The van der Waals surface area contributed by atoms with Crippen LogP contribution in [-0.2, 0) is 6.54 Å². The Balaban J connectivity index is 1.95. The molecule has 0 aromatic heterocycles. The Bertz CT molecular complexity index is 571. The third-order valence-electron chi connectivity index (χ3n) is 3.36. The lowest BCUT2D eigenvalue weighted by Crippen LogP contribution is -2.19. The average Bonchev–Trinajstić information content (AvgIpc) is 2.51. The zero-order valence-electron chi connectivity index (χ0n) is 12.6. The van der Waals surface area contributed by atoms with Gasteiger partial charge in [-0.05, 0) is 37.1 Å². The van der Waals surface area contributed by atoms with Gasteiger partial charge in [-0.2, -0.15) is 0 Å². The minimum absolute atomic E-state index is 0.0357. The lowest BCUT2D eigenvalue weighted by molar-refractivity contribution is 0.317. The van der Waals surface area contributed by atoms with Crippen LogP contribution in [0.3, 0.4) is 0 Å². The van der Waals surface area contributed by atoms with Crippen LogP contribution in [0.25, 0.3) is 0 Å². The van der Waals surface area contributed by atoms with Crippen LogP contribution in [0, 0.1) is 5.82 Å². The molecule has 1 N–H and O–H groups in total. The molecule has 2 nitrogen and oxygen atoms in total. The van der Waals surface area contributed by atoms with E-state index in [1.54, 1.807) is 6.07 Å². The lowest BCUT2D eigenvalue weighted by Gasteiger charge is -2.15. The second kappa shape index (κ2) is 7.79. The minimum Gasteiger partial charge on any atom is -0.494 e. The summed E-state index contributed by atoms with van der Waals surface area (Å²) < 4.78 is 19.3. The van der Waals surface area contributed by atoms with E-state index in [4.69, 9.17) is 4.74 Å². The molecule has 0 bridgehead atoms. The number of nitrogens with one attached hydrogen (secondary N) is 1. The molecule has 0 amide bonds. The predicted molar refractivity (Wildman–Crippen MR) is 83.9 cm³/mol. The SMILES string of the molecule is CCCOc1cccc(CN[C@H](C)c2ccccc2F)c1. The highest BCUT2D eigenvalue weighted by atomic mass is 19.1. The van der Waals surface area contributed by atoms with Crippen molar-refractivity contribution in [2.24, 2.45) is 0 Å². The number of rotatable bonds is 7. The Hall–Kier alpha value is -1.87. The molecule has 0 aliphatic heterocycles. The maximum absolute atomic E-state index is 13.7. The van der Waals surface area contributed by atoms with Gasteiger partial charge in [0.25, 0.3) is 0 Å². The third-order valence-corrected chi connectivity index (χ3v) is 3.36. The Morgan fingerprint density at radius 3 is 2.71 bits per heavy atom. The molecule has 0 aliphatic rings. The van der Waals surface area contributed by atoms with Crippen molar-refractivity contribution in [1.29, 1.82) is 0 Å². The molecular formula is C18H22FNO. The van der Waals surface area contributed by atoms with Crippen LogP contribution < -0.4 is 10.1 Å². The highest BCUT2D eigenvalue weighted by molar-refractivity contribution is 5.29. The van der Waals surface area contributed by atoms with Crippen LogP contribution in [-0.4, -0.2) is 6.61 Å². The fourth-order valence-corrected chi connectivity index (χ4v) is 2.17. The smallest absolute Gasteiger partial charge is 0.127 e. The summed E-state index contributed by atoms with van der Waals surface area (Å²) >= 11 is 0. The Morgan fingerprint density at radius 1 is 1.14 bits per heavy atom. The summed E-state index contributed by atoms with van der Waals surface area (Å²) in [4.78, 5) is 0. The molecule has 0 saturated carbocycles. The molecule has 112 valence electrons. The first-order valence-electron chi connectivity index (χ1n) is 7.40. The van der Waals surface area contributed by atoms with E-state index >= 15 is 0 Å². The zero-order chi connectivity index (χ0) is 15.1. The molecule has 0 heterocycles. The number of ether oxygens (including phenoxy) is 1. The van der Waals surface area contributed by atoms with Gasteiger partial charge in [-0.1, -0.05) is 37.3 Å². The van der Waals surface area contributed by atoms with Crippen molar-refractivity contribution in [2.75, 3.05) is 6.61 Å². The predicted octanol–water partition coefficient (Wildman–Crippen LogP) is 4.47. The summed E-state index contributed by atoms with van der Waals surface area (Å²) in [6.07, 6.45) is 0.993. The second-order valence-corrected chi connectivity index (χ2v) is 5.12. The minimum atomic E-state index is -0.169. The molecule has 0 radical (unpaired) electrons. The molecule has 2 aromatic carbocycles. The standard InChI is InChI=1S/C18H22FNO/c1-3-11-21-16-8-6-7-15(12-16)13-20-14(2)17-9-4-5-10-18(17)19/h4-10,12,14,20H,3,11,13H2,1-2H3/t14-/m1/s1. The average molecular weight is 287 g/mol. The van der Waals surface area contributed by atoms with E-state index in [9.17, 15) is 4.39 Å². The lowest BCUT2D eigenvalue weighted by atomic mass is 10.1. The topological polar surface area (TPSA) is 21.3 Å². The monoisotopic (exact) mass is 287 g/mol. The first kappa shape index (κ1) is 15.5. The van der Waals surface area contributed by atoms with E-state index in [-0.39, 0.29) is 11.9 Å². The van der Waals surface area contributed by atoms with Gasteiger partial charge in [0, 0.05) is 18.2 Å². The molecule has 0 aliphatic carbocycles. The van der Waals surface area contributed by atoms with E-state index in [2.05, 4.69) is 12.2 Å².